The molecule has 3 aliphatic heterocycles. The Morgan fingerprint density at radius 1 is 0.950 bits per heavy atom. The maximum Gasteiger partial charge on any atom is 0.278 e. The Morgan fingerprint density at radius 3 is 2.60 bits per heavy atom. The molecule has 0 radical (unpaired) electrons. The highest BCUT2D eigenvalue weighted by Crippen LogP contribution is 2.48. The van der Waals surface area contributed by atoms with Crippen molar-refractivity contribution in [3.63, 3.8) is 0 Å². The Labute approximate surface area is 232 Å². The Balaban J connectivity index is 1.55. The second-order valence-electron chi connectivity index (χ2n) is 9.87. The van der Waals surface area contributed by atoms with Gasteiger partial charge in [-0.2, -0.15) is 0 Å². The predicted molar refractivity (Wildman–Crippen MR) is 146 cm³/mol. The Bertz CT molecular complexity index is 1730. The molecule has 1 N–H and O–H groups in total. The first-order valence-corrected chi connectivity index (χ1v) is 13.8. The van der Waals surface area contributed by atoms with E-state index in [0.29, 0.717) is 12.2 Å². The van der Waals surface area contributed by atoms with E-state index in [1.54, 1.807) is 11.0 Å². The van der Waals surface area contributed by atoms with Crippen molar-refractivity contribution in [1.82, 2.24) is 9.58 Å². The molecule has 7 rings (SSSR count). The maximum absolute atomic E-state index is 15.5. The number of aromatic hydroxyl groups is 1. The molecule has 40 heavy (non-hydrogen) atoms. The molecule has 4 aromatic rings. The van der Waals surface area contributed by atoms with Gasteiger partial charge in [0.25, 0.3) is 5.91 Å². The van der Waals surface area contributed by atoms with Crippen molar-refractivity contribution in [3.05, 3.63) is 117 Å². The van der Waals surface area contributed by atoms with Crippen molar-refractivity contribution >= 4 is 17.7 Å². The summed E-state index contributed by atoms with van der Waals surface area (Å²) in [4.78, 5) is 28.5. The van der Waals surface area contributed by atoms with Crippen molar-refractivity contribution in [3.8, 4) is 16.9 Å². The fraction of sp³-hybridized carbons (Fsp3) is 0.200. The highest BCUT2D eigenvalue weighted by atomic mass is 32.2. The zero-order valence-corrected chi connectivity index (χ0v) is 21.9. The van der Waals surface area contributed by atoms with Gasteiger partial charge in [-0.1, -0.05) is 54.6 Å². The van der Waals surface area contributed by atoms with E-state index in [9.17, 15) is 19.1 Å². The average Bonchev–Trinajstić information content (AvgIpc) is 3.15. The normalized spacial score (nSPS) is 19.8. The lowest BCUT2D eigenvalue weighted by Gasteiger charge is -2.51. The molecule has 0 unspecified atom stereocenters. The zero-order chi connectivity index (χ0) is 27.5. The van der Waals surface area contributed by atoms with E-state index in [1.165, 1.54) is 28.7 Å². The average molecular weight is 560 g/mol. The summed E-state index contributed by atoms with van der Waals surface area (Å²) in [5, 5.41) is 12.6. The number of aromatic nitrogens is 1. The molecule has 2 atom stereocenters. The molecule has 1 aromatic heterocycles. The monoisotopic (exact) mass is 559 g/mol. The van der Waals surface area contributed by atoms with Gasteiger partial charge >= 0.3 is 0 Å². The van der Waals surface area contributed by atoms with Crippen LogP contribution in [-0.2, 0) is 10.5 Å². The fourth-order valence-corrected chi connectivity index (χ4v) is 7.18. The number of morpholine rings is 1. The first kappa shape index (κ1) is 24.9. The van der Waals surface area contributed by atoms with Gasteiger partial charge in [-0.25, -0.2) is 8.78 Å². The van der Waals surface area contributed by atoms with Crippen LogP contribution in [-0.4, -0.2) is 46.5 Å². The number of ether oxygens (including phenoxy) is 1. The lowest BCUT2D eigenvalue weighted by atomic mass is 9.91. The summed E-state index contributed by atoms with van der Waals surface area (Å²) in [5.41, 5.74) is 2.63. The summed E-state index contributed by atoms with van der Waals surface area (Å²) >= 11 is 1.43. The summed E-state index contributed by atoms with van der Waals surface area (Å²) in [6.45, 7) is 0.680. The largest absolute Gasteiger partial charge is 0.502 e. The second-order valence-corrected chi connectivity index (χ2v) is 10.9. The van der Waals surface area contributed by atoms with Crippen LogP contribution >= 0.6 is 11.8 Å². The third-order valence-corrected chi connectivity index (χ3v) is 8.93. The summed E-state index contributed by atoms with van der Waals surface area (Å²) in [6, 6.07) is 18.9. The van der Waals surface area contributed by atoms with E-state index >= 15 is 4.39 Å². The number of benzene rings is 3. The quantitative estimate of drug-likeness (QED) is 0.386. The molecule has 1 saturated heterocycles. The van der Waals surface area contributed by atoms with Gasteiger partial charge in [0, 0.05) is 35.0 Å². The number of thioether (sulfide) groups is 1. The van der Waals surface area contributed by atoms with Crippen LogP contribution < -0.4 is 10.4 Å². The molecular weight excluding hydrogens is 536 g/mol. The van der Waals surface area contributed by atoms with Gasteiger partial charge in [0.2, 0.25) is 5.43 Å². The van der Waals surface area contributed by atoms with Gasteiger partial charge in [0.05, 0.1) is 19.3 Å². The van der Waals surface area contributed by atoms with Gasteiger partial charge < -0.3 is 14.7 Å². The van der Waals surface area contributed by atoms with Crippen molar-refractivity contribution in [2.24, 2.45) is 0 Å². The molecule has 4 heterocycles. The topological polar surface area (TPSA) is 75.0 Å². The van der Waals surface area contributed by atoms with E-state index < -0.39 is 40.9 Å². The van der Waals surface area contributed by atoms with Crippen LogP contribution in [0.3, 0.4) is 0 Å². The number of carbonyl (C=O) groups excluding carboxylic acids is 1. The van der Waals surface area contributed by atoms with E-state index in [0.717, 1.165) is 27.7 Å². The molecule has 0 bridgehead atoms. The summed E-state index contributed by atoms with van der Waals surface area (Å²) in [6.07, 6.45) is 0.803. The predicted octanol–water partition coefficient (Wildman–Crippen LogP) is 4.64. The number of fused-ring (bicyclic) bond motifs is 4. The molecule has 3 aromatic carbocycles. The number of hydrogen-bond donors (Lipinski definition) is 1. The van der Waals surface area contributed by atoms with Gasteiger partial charge in [-0.15, -0.1) is 11.8 Å². The van der Waals surface area contributed by atoms with E-state index in [4.69, 9.17) is 4.74 Å². The minimum atomic E-state index is -0.939. The van der Waals surface area contributed by atoms with Crippen LogP contribution in [0.25, 0.3) is 11.1 Å². The molecular formula is C30H23F2N3O4S. The molecule has 0 aliphatic carbocycles. The van der Waals surface area contributed by atoms with Gasteiger partial charge in [-0.3, -0.25) is 19.3 Å². The fourth-order valence-electron chi connectivity index (χ4n) is 5.92. The van der Waals surface area contributed by atoms with Crippen LogP contribution in [0.5, 0.6) is 5.75 Å². The lowest BCUT2D eigenvalue weighted by Crippen LogP contribution is -2.66. The Hall–Kier alpha value is -4.15. The molecule has 0 saturated carbocycles. The summed E-state index contributed by atoms with van der Waals surface area (Å²) in [7, 11) is 0. The van der Waals surface area contributed by atoms with Crippen LogP contribution in [0.4, 0.5) is 8.78 Å². The first-order valence-electron chi connectivity index (χ1n) is 12.9. The molecule has 1 fully saturated rings. The SMILES string of the molecule is O=C1c2c(O)c(=O)ccn2N([C@H]2c3ccc(F)c(F)c3CSc3c(-c4ccccc4)cccc32)[C@@H]2COCCN12. The standard InChI is InChI=1S/C30H23F2N3O4S/c31-22-10-9-19-21(25(22)32)16-40-29-18(17-5-2-1-3-6-17)7-4-8-20(29)26(19)35-24-15-39-14-13-33(24)30(38)27-28(37)23(36)11-12-34(27)35/h1-12,24,26,37H,13-16H2/t24-,26+/m1/s1. The highest BCUT2D eigenvalue weighted by Gasteiger charge is 2.46. The third kappa shape index (κ3) is 3.66. The zero-order valence-electron chi connectivity index (χ0n) is 21.1. The summed E-state index contributed by atoms with van der Waals surface area (Å²) < 4.78 is 37.3. The third-order valence-electron chi connectivity index (χ3n) is 7.75. The molecule has 1 amide bonds. The van der Waals surface area contributed by atoms with Crippen LogP contribution in [0.1, 0.15) is 33.2 Å². The van der Waals surface area contributed by atoms with Gasteiger partial charge in [0.1, 0.15) is 6.17 Å². The number of halogens is 2. The van der Waals surface area contributed by atoms with Crippen LogP contribution in [0, 0.1) is 11.6 Å². The number of pyridine rings is 1. The Kier molecular flexibility index (Phi) is 5.90. The lowest BCUT2D eigenvalue weighted by molar-refractivity contribution is -0.0197. The smallest absolute Gasteiger partial charge is 0.278 e. The number of hydrogen-bond acceptors (Lipinski definition) is 6. The van der Waals surface area contributed by atoms with E-state index in [1.807, 2.05) is 53.5 Å². The van der Waals surface area contributed by atoms with Crippen LogP contribution in [0.2, 0.25) is 0 Å². The van der Waals surface area contributed by atoms with Crippen molar-refractivity contribution in [2.45, 2.75) is 22.9 Å². The molecule has 202 valence electrons. The highest BCUT2D eigenvalue weighted by molar-refractivity contribution is 7.98. The number of nitrogens with zero attached hydrogens (tertiary/aromatic N) is 3. The molecule has 10 heteroatoms. The Morgan fingerprint density at radius 2 is 1.77 bits per heavy atom. The minimum Gasteiger partial charge on any atom is -0.502 e. The molecule has 0 spiro atoms. The van der Waals surface area contributed by atoms with E-state index in [-0.39, 0.29) is 30.2 Å². The molecule has 7 nitrogen and oxygen atoms in total. The molecule has 3 aliphatic rings. The number of rotatable bonds is 2. The minimum absolute atomic E-state index is 0.147. The van der Waals surface area contributed by atoms with Crippen LogP contribution in [0.15, 0.2) is 82.6 Å². The number of carbonyl (C=O) groups is 1. The van der Waals surface area contributed by atoms with E-state index in [2.05, 4.69) is 0 Å². The van der Waals surface area contributed by atoms with Gasteiger partial charge in [0.15, 0.2) is 23.1 Å². The van der Waals surface area contributed by atoms with Crippen molar-refractivity contribution in [2.75, 3.05) is 24.8 Å². The van der Waals surface area contributed by atoms with Crippen molar-refractivity contribution in [1.29, 1.82) is 0 Å². The van der Waals surface area contributed by atoms with Crippen molar-refractivity contribution < 1.29 is 23.4 Å². The summed E-state index contributed by atoms with van der Waals surface area (Å²) in [5.74, 6) is -2.82. The maximum atomic E-state index is 15.5. The first-order chi connectivity index (χ1) is 19.5. The second kappa shape index (κ2) is 9.50. The number of amides is 1. The van der Waals surface area contributed by atoms with Gasteiger partial charge in [-0.05, 0) is 28.3 Å².